The van der Waals surface area contributed by atoms with Crippen LogP contribution in [0.5, 0.6) is 0 Å². The van der Waals surface area contributed by atoms with Crippen LogP contribution in [0, 0.1) is 10.1 Å². The van der Waals surface area contributed by atoms with Gasteiger partial charge in [-0.3, -0.25) is 14.9 Å². The molecule has 1 aliphatic heterocycles. The molecule has 1 aliphatic rings. The number of benzene rings is 2. The predicted molar refractivity (Wildman–Crippen MR) is 79.7 cm³/mol. The summed E-state index contributed by atoms with van der Waals surface area (Å²) >= 11 is 0. The van der Waals surface area contributed by atoms with E-state index < -0.39 is 4.92 Å². The number of nitrogens with one attached hydrogen (secondary N) is 2. The second-order valence-electron chi connectivity index (χ2n) is 4.81. The topological polar surface area (TPSA) is 84.3 Å². The maximum Gasteiger partial charge on any atom is 0.270 e. The molecule has 21 heavy (non-hydrogen) atoms. The number of anilines is 2. The molecule has 0 unspecified atom stereocenters. The lowest BCUT2D eigenvalue weighted by Gasteiger charge is -2.07. The number of non-ortho nitro benzene ring substituents is 1. The zero-order valence-corrected chi connectivity index (χ0v) is 11.1. The van der Waals surface area contributed by atoms with Gasteiger partial charge >= 0.3 is 0 Å². The zero-order valence-electron chi connectivity index (χ0n) is 11.1. The number of nitrogens with zero attached hydrogens (tertiary/aromatic N) is 1. The number of amides is 1. The van der Waals surface area contributed by atoms with Crippen LogP contribution in [0.2, 0.25) is 0 Å². The summed E-state index contributed by atoms with van der Waals surface area (Å²) in [5, 5.41) is 16.7. The van der Waals surface area contributed by atoms with Crippen LogP contribution in [0.25, 0.3) is 0 Å². The first-order chi connectivity index (χ1) is 10.1. The van der Waals surface area contributed by atoms with Crippen molar-refractivity contribution in [3.05, 3.63) is 63.7 Å². The number of nitro benzene ring substituents is 1. The Balaban J connectivity index is 1.80. The minimum atomic E-state index is -0.516. The molecule has 3 rings (SSSR count). The summed E-state index contributed by atoms with van der Waals surface area (Å²) in [6, 6.07) is 11.3. The molecule has 0 saturated heterocycles. The van der Waals surface area contributed by atoms with Gasteiger partial charge in [-0.25, -0.2) is 0 Å². The molecule has 0 aromatic heterocycles. The molecule has 0 aliphatic carbocycles. The van der Waals surface area contributed by atoms with E-state index in [4.69, 9.17) is 0 Å². The summed E-state index contributed by atoms with van der Waals surface area (Å²) in [7, 11) is 0. The standard InChI is InChI=1S/C15H13N3O3/c19-15(11-2-1-3-13(9-11)18(20)21)17-12-4-5-14-10(8-12)6-7-16-14/h1-5,8-9,16H,6-7H2,(H,17,19). The third-order valence-electron chi connectivity index (χ3n) is 3.39. The van der Waals surface area contributed by atoms with Gasteiger partial charge in [-0.05, 0) is 36.2 Å². The van der Waals surface area contributed by atoms with Crippen LogP contribution >= 0.6 is 0 Å². The van der Waals surface area contributed by atoms with Crippen LogP contribution in [0.4, 0.5) is 17.1 Å². The van der Waals surface area contributed by atoms with Gasteiger partial charge in [0.2, 0.25) is 0 Å². The summed E-state index contributed by atoms with van der Waals surface area (Å²) < 4.78 is 0. The van der Waals surface area contributed by atoms with Gasteiger partial charge in [0.15, 0.2) is 0 Å². The highest BCUT2D eigenvalue weighted by Crippen LogP contribution is 2.25. The van der Waals surface area contributed by atoms with E-state index >= 15 is 0 Å². The molecule has 2 N–H and O–H groups in total. The van der Waals surface area contributed by atoms with E-state index in [0.717, 1.165) is 24.2 Å². The van der Waals surface area contributed by atoms with Crippen molar-refractivity contribution in [1.82, 2.24) is 0 Å². The molecule has 0 saturated carbocycles. The van der Waals surface area contributed by atoms with Crippen molar-refractivity contribution in [2.24, 2.45) is 0 Å². The number of fused-ring (bicyclic) bond motifs is 1. The third-order valence-corrected chi connectivity index (χ3v) is 3.39. The van der Waals surface area contributed by atoms with E-state index in [-0.39, 0.29) is 17.2 Å². The number of nitro groups is 1. The molecule has 1 heterocycles. The fourth-order valence-corrected chi connectivity index (χ4v) is 2.35. The second-order valence-corrected chi connectivity index (χ2v) is 4.81. The van der Waals surface area contributed by atoms with Gasteiger partial charge in [-0.2, -0.15) is 0 Å². The molecular weight excluding hydrogens is 270 g/mol. The fraction of sp³-hybridized carbons (Fsp3) is 0.133. The zero-order chi connectivity index (χ0) is 14.8. The minimum Gasteiger partial charge on any atom is -0.384 e. The molecule has 2 aromatic carbocycles. The first kappa shape index (κ1) is 13.1. The van der Waals surface area contributed by atoms with Crippen molar-refractivity contribution < 1.29 is 9.72 Å². The van der Waals surface area contributed by atoms with Crippen molar-refractivity contribution in [3.8, 4) is 0 Å². The summed E-state index contributed by atoms with van der Waals surface area (Å²) in [5.41, 5.74) is 3.10. The first-order valence-corrected chi connectivity index (χ1v) is 6.56. The number of hydrogen-bond acceptors (Lipinski definition) is 4. The number of rotatable bonds is 3. The predicted octanol–water partition coefficient (Wildman–Crippen LogP) is 2.82. The molecule has 1 amide bonds. The van der Waals surface area contributed by atoms with Gasteiger partial charge in [-0.1, -0.05) is 6.07 Å². The molecule has 106 valence electrons. The van der Waals surface area contributed by atoms with Gasteiger partial charge in [0.05, 0.1) is 4.92 Å². The summed E-state index contributed by atoms with van der Waals surface area (Å²) in [4.78, 5) is 22.4. The third kappa shape index (κ3) is 2.69. The Morgan fingerprint density at radius 3 is 2.90 bits per heavy atom. The molecule has 0 fully saturated rings. The van der Waals surface area contributed by atoms with Crippen LogP contribution in [-0.4, -0.2) is 17.4 Å². The molecule has 0 bridgehead atoms. The summed E-state index contributed by atoms with van der Waals surface area (Å²) in [6.07, 6.45) is 0.926. The molecular formula is C15H13N3O3. The first-order valence-electron chi connectivity index (χ1n) is 6.56. The van der Waals surface area contributed by atoms with Crippen molar-refractivity contribution in [2.75, 3.05) is 17.2 Å². The summed E-state index contributed by atoms with van der Waals surface area (Å²) in [5.74, 6) is -0.357. The number of hydrogen-bond donors (Lipinski definition) is 2. The lowest BCUT2D eigenvalue weighted by atomic mass is 10.1. The van der Waals surface area contributed by atoms with E-state index in [1.807, 2.05) is 18.2 Å². The lowest BCUT2D eigenvalue weighted by Crippen LogP contribution is -2.12. The lowest BCUT2D eigenvalue weighted by molar-refractivity contribution is -0.384. The SMILES string of the molecule is O=C(Nc1ccc2c(c1)CCN2)c1cccc([N+](=O)[O-])c1. The molecule has 0 atom stereocenters. The maximum absolute atomic E-state index is 12.1. The molecule has 0 spiro atoms. The highest BCUT2D eigenvalue weighted by molar-refractivity contribution is 6.04. The normalized spacial score (nSPS) is 12.4. The van der Waals surface area contributed by atoms with Crippen LogP contribution in [0.3, 0.4) is 0 Å². The average molecular weight is 283 g/mol. The quantitative estimate of drug-likeness (QED) is 0.670. The Bertz CT molecular complexity index is 728. The van der Waals surface area contributed by atoms with Crippen LogP contribution in [-0.2, 0) is 6.42 Å². The van der Waals surface area contributed by atoms with E-state index in [0.29, 0.717) is 5.69 Å². The smallest absolute Gasteiger partial charge is 0.270 e. The van der Waals surface area contributed by atoms with E-state index in [9.17, 15) is 14.9 Å². The monoisotopic (exact) mass is 283 g/mol. The van der Waals surface area contributed by atoms with Gasteiger partial charge in [0, 0.05) is 35.6 Å². The average Bonchev–Trinajstić information content (AvgIpc) is 2.95. The Morgan fingerprint density at radius 2 is 2.10 bits per heavy atom. The second kappa shape index (κ2) is 5.24. The molecule has 2 aromatic rings. The van der Waals surface area contributed by atoms with Crippen molar-refractivity contribution >= 4 is 23.0 Å². The van der Waals surface area contributed by atoms with E-state index in [2.05, 4.69) is 10.6 Å². The fourth-order valence-electron chi connectivity index (χ4n) is 2.35. The van der Waals surface area contributed by atoms with Crippen molar-refractivity contribution in [3.63, 3.8) is 0 Å². The Hall–Kier alpha value is -2.89. The van der Waals surface area contributed by atoms with Crippen LogP contribution < -0.4 is 10.6 Å². The molecule has 0 radical (unpaired) electrons. The Kier molecular flexibility index (Phi) is 3.27. The highest BCUT2D eigenvalue weighted by atomic mass is 16.6. The maximum atomic E-state index is 12.1. The molecule has 6 heteroatoms. The molecule has 6 nitrogen and oxygen atoms in total. The Morgan fingerprint density at radius 1 is 1.24 bits per heavy atom. The van der Waals surface area contributed by atoms with Gasteiger partial charge in [0.1, 0.15) is 0 Å². The number of carbonyl (C=O) groups is 1. The van der Waals surface area contributed by atoms with Crippen molar-refractivity contribution in [1.29, 1.82) is 0 Å². The Labute approximate surface area is 120 Å². The van der Waals surface area contributed by atoms with Crippen LogP contribution in [0.1, 0.15) is 15.9 Å². The van der Waals surface area contributed by atoms with Crippen molar-refractivity contribution in [2.45, 2.75) is 6.42 Å². The summed E-state index contributed by atoms with van der Waals surface area (Å²) in [6.45, 7) is 0.900. The highest BCUT2D eigenvalue weighted by Gasteiger charge is 2.14. The van der Waals surface area contributed by atoms with Gasteiger partial charge < -0.3 is 10.6 Å². The van der Waals surface area contributed by atoms with E-state index in [1.165, 1.54) is 18.2 Å². The number of carbonyl (C=O) groups excluding carboxylic acids is 1. The minimum absolute atomic E-state index is 0.0965. The van der Waals surface area contributed by atoms with Crippen LogP contribution in [0.15, 0.2) is 42.5 Å². The van der Waals surface area contributed by atoms with E-state index in [1.54, 1.807) is 6.07 Å². The van der Waals surface area contributed by atoms with Gasteiger partial charge in [0.25, 0.3) is 11.6 Å². The largest absolute Gasteiger partial charge is 0.384 e. The van der Waals surface area contributed by atoms with Gasteiger partial charge in [-0.15, -0.1) is 0 Å².